The minimum atomic E-state index is -0.161. The maximum Gasteiger partial charge on any atom is 0.224 e. The zero-order valence-corrected chi connectivity index (χ0v) is 17.7. The Balaban J connectivity index is 1.51. The van der Waals surface area contributed by atoms with Gasteiger partial charge in [0, 0.05) is 36.7 Å². The van der Waals surface area contributed by atoms with Gasteiger partial charge >= 0.3 is 0 Å². The molecule has 1 N–H and O–H groups in total. The molecular formula is C23H25ClFN5. The smallest absolute Gasteiger partial charge is 0.224 e. The summed E-state index contributed by atoms with van der Waals surface area (Å²) in [5, 5.41) is 12.7. The predicted octanol–water partition coefficient (Wildman–Crippen LogP) is 3.72. The van der Waals surface area contributed by atoms with Crippen molar-refractivity contribution in [3.05, 3.63) is 51.7 Å². The molecule has 1 spiro atoms. The van der Waals surface area contributed by atoms with E-state index in [0.29, 0.717) is 6.42 Å². The van der Waals surface area contributed by atoms with Gasteiger partial charge in [0.1, 0.15) is 11.6 Å². The largest absolute Gasteiger partial charge is 0.353 e. The third-order valence-electron chi connectivity index (χ3n) is 7.04. The van der Waals surface area contributed by atoms with Gasteiger partial charge in [0.05, 0.1) is 18.2 Å². The average Bonchev–Trinajstić information content (AvgIpc) is 2.74. The van der Waals surface area contributed by atoms with Crippen molar-refractivity contribution >= 4 is 17.4 Å². The number of aromatic nitrogens is 2. The molecule has 30 heavy (non-hydrogen) atoms. The highest BCUT2D eigenvalue weighted by Crippen LogP contribution is 2.47. The van der Waals surface area contributed by atoms with Crippen LogP contribution >= 0.6 is 11.6 Å². The van der Waals surface area contributed by atoms with Crippen LogP contribution in [0.15, 0.2) is 18.2 Å². The number of nitrogens with one attached hydrogen (secondary N) is 1. The molecule has 1 aromatic carbocycles. The first-order chi connectivity index (χ1) is 14.6. The third kappa shape index (κ3) is 3.44. The molecule has 7 heteroatoms. The molecule has 1 aliphatic heterocycles. The Hall–Kier alpha value is -2.23. The molecule has 1 aromatic heterocycles. The standard InChI is InChI=1S/C23H25ClFN5/c24-22-28-20-13-23(7-1-2-15-3-4-16(25)12-19(15)23)8-5-18(20)21(29-22)30-11-10-27-17(14-30)6-9-26/h3-4,12,17,27H,1-2,5-8,10-11,13-14H2/t17-,23?/m0/s1. The van der Waals surface area contributed by atoms with E-state index in [1.54, 1.807) is 12.1 Å². The lowest BCUT2D eigenvalue weighted by Gasteiger charge is -2.43. The molecular weight excluding hydrogens is 401 g/mol. The molecule has 3 aliphatic rings. The highest BCUT2D eigenvalue weighted by molar-refractivity contribution is 6.28. The van der Waals surface area contributed by atoms with Gasteiger partial charge in [0.2, 0.25) is 5.28 Å². The van der Waals surface area contributed by atoms with Crippen LogP contribution in [-0.2, 0) is 24.7 Å². The molecule has 1 saturated heterocycles. The summed E-state index contributed by atoms with van der Waals surface area (Å²) in [4.78, 5) is 11.5. The third-order valence-corrected chi connectivity index (χ3v) is 7.21. The van der Waals surface area contributed by atoms with Crippen molar-refractivity contribution in [1.82, 2.24) is 15.3 Å². The van der Waals surface area contributed by atoms with Crippen LogP contribution in [0, 0.1) is 17.1 Å². The van der Waals surface area contributed by atoms with Crippen LogP contribution in [0.5, 0.6) is 0 Å². The summed E-state index contributed by atoms with van der Waals surface area (Å²) < 4.78 is 14.1. The van der Waals surface area contributed by atoms with Gasteiger partial charge in [0.25, 0.3) is 0 Å². The van der Waals surface area contributed by atoms with Crippen LogP contribution in [0.3, 0.4) is 0 Å². The second kappa shape index (κ2) is 7.79. The number of anilines is 1. The van der Waals surface area contributed by atoms with Crippen molar-refractivity contribution in [1.29, 1.82) is 5.26 Å². The highest BCUT2D eigenvalue weighted by Gasteiger charge is 2.41. The fourth-order valence-corrected chi connectivity index (χ4v) is 5.83. The minimum Gasteiger partial charge on any atom is -0.353 e. The maximum absolute atomic E-state index is 14.1. The van der Waals surface area contributed by atoms with Gasteiger partial charge in [-0.05, 0) is 73.4 Å². The summed E-state index contributed by atoms with van der Waals surface area (Å²) in [7, 11) is 0. The molecule has 0 radical (unpaired) electrons. The molecule has 5 nitrogen and oxygen atoms in total. The lowest BCUT2D eigenvalue weighted by Crippen LogP contribution is -2.51. The summed E-state index contributed by atoms with van der Waals surface area (Å²) in [5.74, 6) is 0.756. The van der Waals surface area contributed by atoms with E-state index in [-0.39, 0.29) is 22.6 Å². The van der Waals surface area contributed by atoms with E-state index in [9.17, 15) is 4.39 Å². The highest BCUT2D eigenvalue weighted by atomic mass is 35.5. The van der Waals surface area contributed by atoms with Crippen molar-refractivity contribution in [3.8, 4) is 6.07 Å². The Morgan fingerprint density at radius 1 is 1.30 bits per heavy atom. The zero-order chi connectivity index (χ0) is 20.7. The molecule has 0 saturated carbocycles. The first-order valence-electron chi connectivity index (χ1n) is 10.8. The van der Waals surface area contributed by atoms with Gasteiger partial charge in [-0.1, -0.05) is 6.07 Å². The molecule has 2 aromatic rings. The molecule has 2 aliphatic carbocycles. The second-order valence-electron chi connectivity index (χ2n) is 8.81. The number of aryl methyl sites for hydroxylation is 1. The van der Waals surface area contributed by atoms with Crippen LogP contribution in [-0.4, -0.2) is 35.6 Å². The first kappa shape index (κ1) is 19.7. The number of nitrogens with zero attached hydrogens (tertiary/aromatic N) is 4. The summed E-state index contributed by atoms with van der Waals surface area (Å²) in [6.07, 6.45) is 6.28. The molecule has 2 atom stereocenters. The van der Waals surface area contributed by atoms with Gasteiger partial charge in [-0.3, -0.25) is 0 Å². The van der Waals surface area contributed by atoms with Crippen LogP contribution in [0.1, 0.15) is 48.1 Å². The zero-order valence-electron chi connectivity index (χ0n) is 16.9. The van der Waals surface area contributed by atoms with Crippen molar-refractivity contribution in [2.45, 2.75) is 56.4 Å². The number of fused-ring (bicyclic) bond motifs is 3. The summed E-state index contributed by atoms with van der Waals surface area (Å²) in [6, 6.07) is 7.67. The summed E-state index contributed by atoms with van der Waals surface area (Å²) >= 11 is 6.37. The number of benzene rings is 1. The maximum atomic E-state index is 14.1. The Kier molecular flexibility index (Phi) is 5.12. The average molecular weight is 426 g/mol. The Bertz CT molecular complexity index is 1020. The molecule has 1 fully saturated rings. The lowest BCUT2D eigenvalue weighted by molar-refractivity contribution is 0.310. The molecule has 0 bridgehead atoms. The molecule has 5 rings (SSSR count). The molecule has 0 amide bonds. The van der Waals surface area contributed by atoms with Gasteiger partial charge in [-0.25, -0.2) is 14.4 Å². The van der Waals surface area contributed by atoms with E-state index >= 15 is 0 Å². The van der Waals surface area contributed by atoms with Crippen molar-refractivity contribution in [2.75, 3.05) is 24.5 Å². The van der Waals surface area contributed by atoms with E-state index in [1.807, 2.05) is 6.07 Å². The minimum absolute atomic E-state index is 0.0650. The Labute approximate surface area is 181 Å². The quantitative estimate of drug-likeness (QED) is 0.743. The van der Waals surface area contributed by atoms with Crippen molar-refractivity contribution in [2.24, 2.45) is 0 Å². The van der Waals surface area contributed by atoms with E-state index < -0.39 is 0 Å². The van der Waals surface area contributed by atoms with Crippen LogP contribution in [0.25, 0.3) is 0 Å². The summed E-state index contributed by atoms with van der Waals surface area (Å²) in [5.41, 5.74) is 4.54. The normalized spacial score (nSPS) is 25.5. The number of hydrogen-bond acceptors (Lipinski definition) is 5. The van der Waals surface area contributed by atoms with Crippen LogP contribution < -0.4 is 10.2 Å². The second-order valence-corrected chi connectivity index (χ2v) is 9.15. The fourth-order valence-electron chi connectivity index (χ4n) is 5.65. The fraction of sp³-hybridized carbons (Fsp3) is 0.522. The van der Waals surface area contributed by atoms with E-state index in [2.05, 4.69) is 26.3 Å². The van der Waals surface area contributed by atoms with Gasteiger partial charge in [-0.2, -0.15) is 5.26 Å². The van der Waals surface area contributed by atoms with E-state index in [4.69, 9.17) is 16.9 Å². The molecule has 1 unspecified atom stereocenters. The van der Waals surface area contributed by atoms with Gasteiger partial charge in [-0.15, -0.1) is 0 Å². The Morgan fingerprint density at radius 3 is 3.07 bits per heavy atom. The number of halogens is 2. The lowest BCUT2D eigenvalue weighted by atomic mass is 9.62. The molecule has 156 valence electrons. The van der Waals surface area contributed by atoms with E-state index in [0.717, 1.165) is 75.2 Å². The Morgan fingerprint density at radius 2 is 2.20 bits per heavy atom. The summed E-state index contributed by atoms with van der Waals surface area (Å²) in [6.45, 7) is 2.40. The topological polar surface area (TPSA) is 64.8 Å². The number of rotatable bonds is 2. The number of nitriles is 1. The van der Waals surface area contributed by atoms with Gasteiger partial charge < -0.3 is 10.2 Å². The van der Waals surface area contributed by atoms with Crippen LogP contribution in [0.4, 0.5) is 10.2 Å². The van der Waals surface area contributed by atoms with Crippen LogP contribution in [0.2, 0.25) is 5.28 Å². The number of piperazine rings is 1. The van der Waals surface area contributed by atoms with Crippen molar-refractivity contribution in [3.63, 3.8) is 0 Å². The molecule has 2 heterocycles. The van der Waals surface area contributed by atoms with E-state index in [1.165, 1.54) is 11.1 Å². The monoisotopic (exact) mass is 425 g/mol. The first-order valence-corrected chi connectivity index (χ1v) is 11.2. The number of hydrogen-bond donors (Lipinski definition) is 1. The SMILES string of the molecule is N#CC[C@H]1CN(c2nc(Cl)nc3c2CCC2(CCCc4ccc(F)cc42)C3)CCN1. The van der Waals surface area contributed by atoms with Crippen molar-refractivity contribution < 1.29 is 4.39 Å². The van der Waals surface area contributed by atoms with Gasteiger partial charge in [0.15, 0.2) is 0 Å². The predicted molar refractivity (Wildman–Crippen MR) is 114 cm³/mol.